The van der Waals surface area contributed by atoms with Crippen molar-refractivity contribution in [3.63, 3.8) is 0 Å². The average Bonchev–Trinajstić information content (AvgIpc) is 3.47. The van der Waals surface area contributed by atoms with Crippen molar-refractivity contribution in [2.45, 2.75) is 32.9 Å². The summed E-state index contributed by atoms with van der Waals surface area (Å²) < 4.78 is 12.8. The molecule has 0 saturated carbocycles. The van der Waals surface area contributed by atoms with Crippen LogP contribution in [0.25, 0.3) is 0 Å². The van der Waals surface area contributed by atoms with Crippen molar-refractivity contribution in [2.24, 2.45) is 0 Å². The second-order valence-corrected chi connectivity index (χ2v) is 8.79. The molecule has 3 amide bonds. The molecule has 2 aliphatic rings. The SMILES string of the molecule is Cc1cc(C(=O)CN2C(=O)N[C@@](C)(c3ccc4c(c3)OCO4)C2=O)c(C)n1Cc1ccccc1. The Morgan fingerprint density at radius 1 is 1.03 bits per heavy atom. The molecule has 1 saturated heterocycles. The number of ether oxygens (including phenoxy) is 2. The topological polar surface area (TPSA) is 89.9 Å². The molecular weight excluding hydrogens is 434 g/mol. The molecule has 0 unspecified atom stereocenters. The van der Waals surface area contributed by atoms with Crippen molar-refractivity contribution in [3.8, 4) is 11.5 Å². The zero-order valence-electron chi connectivity index (χ0n) is 19.3. The summed E-state index contributed by atoms with van der Waals surface area (Å²) in [6, 6.07) is 16.3. The summed E-state index contributed by atoms with van der Waals surface area (Å²) in [5.41, 5.74) is 2.63. The number of aromatic nitrogens is 1. The van der Waals surface area contributed by atoms with Crippen LogP contribution in [0.2, 0.25) is 0 Å². The van der Waals surface area contributed by atoms with Gasteiger partial charge in [0.2, 0.25) is 6.79 Å². The highest BCUT2D eigenvalue weighted by atomic mass is 16.7. The molecule has 3 heterocycles. The van der Waals surface area contributed by atoms with Gasteiger partial charge in [-0.3, -0.25) is 14.5 Å². The number of Topliss-reactive ketones (excluding diaryl/α,β-unsaturated/α-hetero) is 1. The van der Waals surface area contributed by atoms with E-state index in [1.807, 2.05) is 50.2 Å². The molecule has 174 valence electrons. The van der Waals surface area contributed by atoms with Gasteiger partial charge in [0.1, 0.15) is 5.54 Å². The van der Waals surface area contributed by atoms with E-state index in [-0.39, 0.29) is 19.1 Å². The fraction of sp³-hybridized carbons (Fsp3) is 0.269. The fourth-order valence-corrected chi connectivity index (χ4v) is 4.57. The van der Waals surface area contributed by atoms with Crippen LogP contribution in [-0.4, -0.2) is 40.5 Å². The smallest absolute Gasteiger partial charge is 0.325 e. The minimum absolute atomic E-state index is 0.110. The molecule has 0 spiro atoms. The van der Waals surface area contributed by atoms with Crippen molar-refractivity contribution in [1.82, 2.24) is 14.8 Å². The van der Waals surface area contributed by atoms with Crippen LogP contribution in [0.3, 0.4) is 0 Å². The number of hydrogen-bond acceptors (Lipinski definition) is 5. The standard InChI is InChI=1S/C26H25N3O5/c1-16-11-20(17(2)28(16)13-18-7-5-4-6-8-18)21(30)14-29-24(31)26(3,27-25(29)32)19-9-10-22-23(12-19)34-15-33-22/h4-12H,13-15H2,1-3H3,(H,27,32)/t26-/m0/s1. The molecule has 1 atom stereocenters. The Balaban J connectivity index is 1.37. The lowest BCUT2D eigenvalue weighted by Gasteiger charge is -2.22. The number of nitrogens with zero attached hydrogens (tertiary/aromatic N) is 2. The van der Waals surface area contributed by atoms with Crippen LogP contribution in [0, 0.1) is 13.8 Å². The molecule has 1 fully saturated rings. The van der Waals surface area contributed by atoms with Gasteiger partial charge in [0.25, 0.3) is 5.91 Å². The summed E-state index contributed by atoms with van der Waals surface area (Å²) in [7, 11) is 0. The van der Waals surface area contributed by atoms with Gasteiger partial charge in [-0.15, -0.1) is 0 Å². The highest BCUT2D eigenvalue weighted by Gasteiger charge is 2.50. The summed E-state index contributed by atoms with van der Waals surface area (Å²) >= 11 is 0. The van der Waals surface area contributed by atoms with E-state index in [1.54, 1.807) is 25.1 Å². The number of aryl methyl sites for hydroxylation is 1. The van der Waals surface area contributed by atoms with Crippen LogP contribution >= 0.6 is 0 Å². The summed E-state index contributed by atoms with van der Waals surface area (Å²) in [5.74, 6) is 0.330. The van der Waals surface area contributed by atoms with Crippen LogP contribution in [0.15, 0.2) is 54.6 Å². The van der Waals surface area contributed by atoms with E-state index in [4.69, 9.17) is 9.47 Å². The Morgan fingerprint density at radius 3 is 2.53 bits per heavy atom. The number of urea groups is 1. The summed E-state index contributed by atoms with van der Waals surface area (Å²) in [4.78, 5) is 40.3. The maximum absolute atomic E-state index is 13.3. The molecule has 8 heteroatoms. The van der Waals surface area contributed by atoms with E-state index in [2.05, 4.69) is 9.88 Å². The van der Waals surface area contributed by atoms with Gasteiger partial charge in [0.05, 0.1) is 6.54 Å². The number of carbonyl (C=O) groups excluding carboxylic acids is 3. The Bertz CT molecular complexity index is 1310. The van der Waals surface area contributed by atoms with Crippen LogP contribution in [0.1, 0.15) is 39.8 Å². The molecule has 1 N–H and O–H groups in total. The van der Waals surface area contributed by atoms with Crippen LogP contribution in [0.4, 0.5) is 4.79 Å². The first kappa shape index (κ1) is 21.8. The van der Waals surface area contributed by atoms with Crippen molar-refractivity contribution in [1.29, 1.82) is 0 Å². The first-order valence-corrected chi connectivity index (χ1v) is 11.1. The third-order valence-corrected chi connectivity index (χ3v) is 6.58. The second kappa shape index (κ2) is 8.06. The minimum Gasteiger partial charge on any atom is -0.454 e. The van der Waals surface area contributed by atoms with Gasteiger partial charge in [0.15, 0.2) is 17.3 Å². The number of amides is 3. The summed E-state index contributed by atoms with van der Waals surface area (Å²) in [6.07, 6.45) is 0. The number of imide groups is 1. The average molecular weight is 460 g/mol. The Morgan fingerprint density at radius 2 is 1.76 bits per heavy atom. The lowest BCUT2D eigenvalue weighted by atomic mass is 9.91. The molecule has 2 aliphatic heterocycles. The van der Waals surface area contributed by atoms with E-state index >= 15 is 0 Å². The predicted molar refractivity (Wildman–Crippen MR) is 124 cm³/mol. The largest absolute Gasteiger partial charge is 0.454 e. The van der Waals surface area contributed by atoms with E-state index < -0.39 is 17.5 Å². The molecular formula is C26H25N3O5. The van der Waals surface area contributed by atoms with Gasteiger partial charge in [0, 0.05) is 23.5 Å². The quantitative estimate of drug-likeness (QED) is 0.450. The molecule has 1 aromatic heterocycles. The number of ketones is 1. The van der Waals surface area contributed by atoms with Gasteiger partial charge < -0.3 is 19.4 Å². The van der Waals surface area contributed by atoms with E-state index in [0.29, 0.717) is 29.2 Å². The lowest BCUT2D eigenvalue weighted by Crippen LogP contribution is -2.41. The third kappa shape index (κ3) is 3.51. The third-order valence-electron chi connectivity index (χ3n) is 6.58. The van der Waals surface area contributed by atoms with Crippen molar-refractivity contribution >= 4 is 17.7 Å². The molecule has 2 aromatic carbocycles. The number of nitrogens with one attached hydrogen (secondary N) is 1. The number of benzene rings is 2. The van der Waals surface area contributed by atoms with Gasteiger partial charge in [-0.25, -0.2) is 4.79 Å². The molecule has 0 radical (unpaired) electrons. The fourth-order valence-electron chi connectivity index (χ4n) is 4.57. The van der Waals surface area contributed by atoms with Gasteiger partial charge >= 0.3 is 6.03 Å². The first-order valence-electron chi connectivity index (χ1n) is 11.1. The highest BCUT2D eigenvalue weighted by molar-refractivity contribution is 6.11. The minimum atomic E-state index is -1.30. The van der Waals surface area contributed by atoms with Crippen LogP contribution in [-0.2, 0) is 16.9 Å². The Kier molecular flexibility index (Phi) is 5.16. The first-order chi connectivity index (χ1) is 16.3. The Labute approximate surface area is 197 Å². The van der Waals surface area contributed by atoms with Crippen molar-refractivity contribution in [2.75, 3.05) is 13.3 Å². The number of rotatable bonds is 6. The summed E-state index contributed by atoms with van der Waals surface area (Å²) in [5, 5.41) is 2.74. The van der Waals surface area contributed by atoms with E-state index in [0.717, 1.165) is 21.9 Å². The zero-order valence-corrected chi connectivity index (χ0v) is 19.3. The van der Waals surface area contributed by atoms with Gasteiger partial charge in [-0.05, 0) is 50.1 Å². The van der Waals surface area contributed by atoms with Crippen molar-refractivity contribution < 1.29 is 23.9 Å². The second-order valence-electron chi connectivity index (χ2n) is 8.79. The molecule has 0 aliphatic carbocycles. The maximum atomic E-state index is 13.3. The predicted octanol–water partition coefficient (Wildman–Crippen LogP) is 3.53. The summed E-state index contributed by atoms with van der Waals surface area (Å²) in [6.45, 7) is 5.86. The molecule has 8 nitrogen and oxygen atoms in total. The van der Waals surface area contributed by atoms with Gasteiger partial charge in [-0.1, -0.05) is 36.4 Å². The molecule has 0 bridgehead atoms. The molecule has 5 rings (SSSR count). The van der Waals surface area contributed by atoms with Gasteiger partial charge in [-0.2, -0.15) is 0 Å². The normalized spacial score (nSPS) is 19.0. The molecule has 3 aromatic rings. The maximum Gasteiger partial charge on any atom is 0.325 e. The Hall–Kier alpha value is -4.07. The number of fused-ring (bicyclic) bond motifs is 1. The monoisotopic (exact) mass is 459 g/mol. The molecule has 34 heavy (non-hydrogen) atoms. The zero-order chi connectivity index (χ0) is 24.0. The number of carbonyl (C=O) groups is 3. The van der Waals surface area contributed by atoms with E-state index in [9.17, 15) is 14.4 Å². The van der Waals surface area contributed by atoms with Crippen molar-refractivity contribution in [3.05, 3.63) is 82.7 Å². The van der Waals surface area contributed by atoms with Crippen LogP contribution in [0.5, 0.6) is 11.5 Å². The number of hydrogen-bond donors (Lipinski definition) is 1. The highest BCUT2D eigenvalue weighted by Crippen LogP contribution is 2.38. The van der Waals surface area contributed by atoms with Crippen LogP contribution < -0.4 is 14.8 Å². The lowest BCUT2D eigenvalue weighted by molar-refractivity contribution is -0.130. The van der Waals surface area contributed by atoms with E-state index in [1.165, 1.54) is 0 Å².